The first-order chi connectivity index (χ1) is 53.2. The highest BCUT2D eigenvalue weighted by Crippen LogP contribution is 2.45. The van der Waals surface area contributed by atoms with E-state index in [0.29, 0.717) is 25.7 Å². The fourth-order valence-electron chi connectivity index (χ4n) is 14.2. The topological polar surface area (TPSA) is 237 Å². The summed E-state index contributed by atoms with van der Waals surface area (Å²) in [5, 5.41) is 10.7. The van der Waals surface area contributed by atoms with Gasteiger partial charge in [-0.2, -0.15) is 0 Å². The van der Waals surface area contributed by atoms with Crippen LogP contribution in [0.2, 0.25) is 0 Å². The molecule has 19 heteroatoms. The Morgan fingerprint density at radius 2 is 0.367 bits per heavy atom. The monoisotopic (exact) mass is 1590 g/mol. The smallest absolute Gasteiger partial charge is 0.462 e. The first kappa shape index (κ1) is 107. The number of hydrogen-bond donors (Lipinski definition) is 3. The molecule has 3 N–H and O–H groups in total. The Labute approximate surface area is 670 Å². The molecule has 0 bridgehead atoms. The number of phosphoric ester groups is 2. The van der Waals surface area contributed by atoms with Crippen molar-refractivity contribution in [2.75, 3.05) is 39.6 Å². The van der Waals surface area contributed by atoms with Crippen LogP contribution in [-0.2, 0) is 65.4 Å². The number of carbonyl (C=O) groups is 4. The van der Waals surface area contributed by atoms with E-state index in [0.717, 1.165) is 89.9 Å². The molecule has 109 heavy (non-hydrogen) atoms. The van der Waals surface area contributed by atoms with E-state index < -0.39 is 97.5 Å². The highest BCUT2D eigenvalue weighted by atomic mass is 31.2. The Bertz CT molecular complexity index is 2050. The summed E-state index contributed by atoms with van der Waals surface area (Å²) in [6.07, 6.45) is 80.7. The van der Waals surface area contributed by atoms with Gasteiger partial charge >= 0.3 is 39.5 Å². The van der Waals surface area contributed by atoms with E-state index in [1.165, 1.54) is 327 Å². The lowest BCUT2D eigenvalue weighted by Gasteiger charge is -2.21. The largest absolute Gasteiger partial charge is 0.472 e. The number of ether oxygens (including phenoxy) is 4. The number of carbonyl (C=O) groups excluding carboxylic acids is 4. The predicted octanol–water partition coefficient (Wildman–Crippen LogP) is 28.1. The Morgan fingerprint density at radius 1 is 0.220 bits per heavy atom. The molecule has 17 nitrogen and oxygen atoms in total. The van der Waals surface area contributed by atoms with E-state index in [-0.39, 0.29) is 25.7 Å². The van der Waals surface area contributed by atoms with Crippen molar-refractivity contribution in [3.63, 3.8) is 0 Å². The molecule has 0 amide bonds. The van der Waals surface area contributed by atoms with Crippen molar-refractivity contribution >= 4 is 39.5 Å². The molecule has 0 fully saturated rings. The van der Waals surface area contributed by atoms with Gasteiger partial charge in [0.05, 0.1) is 26.4 Å². The van der Waals surface area contributed by atoms with Gasteiger partial charge in [0.25, 0.3) is 0 Å². The fourth-order valence-corrected chi connectivity index (χ4v) is 15.8. The summed E-state index contributed by atoms with van der Waals surface area (Å²) in [6, 6.07) is 0. The van der Waals surface area contributed by atoms with Crippen LogP contribution in [0.25, 0.3) is 0 Å². The number of aliphatic hydroxyl groups is 1. The van der Waals surface area contributed by atoms with Crippen molar-refractivity contribution in [1.82, 2.24) is 0 Å². The molecule has 648 valence electrons. The number of phosphoric acid groups is 2. The molecule has 0 radical (unpaired) electrons. The zero-order chi connectivity index (χ0) is 79.6. The number of unbranched alkanes of at least 4 members (excludes halogenated alkanes) is 65. The molecular weight excluding hydrogens is 1410 g/mol. The summed E-state index contributed by atoms with van der Waals surface area (Å²) < 4.78 is 69.0. The molecule has 0 heterocycles. The summed E-state index contributed by atoms with van der Waals surface area (Å²) >= 11 is 0. The van der Waals surface area contributed by atoms with E-state index in [1.807, 2.05) is 0 Å². The summed E-state index contributed by atoms with van der Waals surface area (Å²) in [7, 11) is -9.93. The van der Waals surface area contributed by atoms with Crippen LogP contribution in [0.1, 0.15) is 496 Å². The maximum Gasteiger partial charge on any atom is 0.472 e. The van der Waals surface area contributed by atoms with Crippen LogP contribution in [0.15, 0.2) is 0 Å². The maximum absolute atomic E-state index is 13.2. The van der Waals surface area contributed by atoms with Crippen molar-refractivity contribution < 1.29 is 80.2 Å². The van der Waals surface area contributed by atoms with Gasteiger partial charge in [0.1, 0.15) is 19.3 Å². The highest BCUT2D eigenvalue weighted by Gasteiger charge is 2.30. The zero-order valence-corrected chi connectivity index (χ0v) is 73.3. The average Bonchev–Trinajstić information content (AvgIpc) is 0.899. The first-order valence-electron chi connectivity index (χ1n) is 46.8. The van der Waals surface area contributed by atoms with Crippen molar-refractivity contribution in [2.45, 2.75) is 515 Å². The minimum atomic E-state index is -4.97. The number of rotatable bonds is 91. The van der Waals surface area contributed by atoms with Crippen LogP contribution in [-0.4, -0.2) is 96.7 Å². The SMILES string of the molecule is CCCCCCCCCCCCCCCCCCCCCCCC(=O)OC[C@H](COP(=O)(O)OC[C@@H](O)COP(=O)(O)OC[C@@H](COC(=O)CCCCCCCCCCCC)OC(=O)CCCCCCCCCCCCCCCCCCC)OC(=O)CCCCCCCCCCCCCCCCCCCCCCC. The molecular formula is C90H176O17P2. The van der Waals surface area contributed by atoms with Crippen LogP contribution in [0.4, 0.5) is 0 Å². The maximum atomic E-state index is 13.2. The lowest BCUT2D eigenvalue weighted by molar-refractivity contribution is -0.161. The Morgan fingerprint density at radius 3 is 0.541 bits per heavy atom. The molecule has 0 aliphatic heterocycles. The number of hydrogen-bond acceptors (Lipinski definition) is 15. The second-order valence-electron chi connectivity index (χ2n) is 32.3. The van der Waals surface area contributed by atoms with Gasteiger partial charge in [-0.3, -0.25) is 37.3 Å². The summed E-state index contributed by atoms with van der Waals surface area (Å²) in [5.74, 6) is -2.09. The molecule has 0 spiro atoms. The minimum absolute atomic E-state index is 0.109. The second kappa shape index (κ2) is 84.0. The summed E-state index contributed by atoms with van der Waals surface area (Å²) in [5.41, 5.74) is 0. The highest BCUT2D eigenvalue weighted by molar-refractivity contribution is 7.47. The van der Waals surface area contributed by atoms with Crippen LogP contribution in [0.3, 0.4) is 0 Å². The fraction of sp³-hybridized carbons (Fsp3) is 0.956. The number of esters is 4. The van der Waals surface area contributed by atoms with Gasteiger partial charge < -0.3 is 33.8 Å². The molecule has 0 aromatic carbocycles. The van der Waals surface area contributed by atoms with Gasteiger partial charge in [-0.05, 0) is 25.7 Å². The lowest BCUT2D eigenvalue weighted by atomic mass is 10.0. The molecule has 0 saturated carbocycles. The Balaban J connectivity index is 5.21. The van der Waals surface area contributed by atoms with Gasteiger partial charge in [-0.15, -0.1) is 0 Å². The van der Waals surface area contributed by atoms with E-state index >= 15 is 0 Å². The normalized spacial score (nSPS) is 13.6. The third-order valence-corrected chi connectivity index (χ3v) is 23.3. The molecule has 0 aromatic rings. The molecule has 0 saturated heterocycles. The second-order valence-corrected chi connectivity index (χ2v) is 35.3. The van der Waals surface area contributed by atoms with Gasteiger partial charge in [-0.25, -0.2) is 9.13 Å². The van der Waals surface area contributed by atoms with Gasteiger partial charge in [-0.1, -0.05) is 445 Å². The van der Waals surface area contributed by atoms with Gasteiger partial charge in [0.2, 0.25) is 0 Å². The van der Waals surface area contributed by atoms with E-state index in [9.17, 15) is 43.2 Å². The Kier molecular flexibility index (Phi) is 82.5. The predicted molar refractivity (Wildman–Crippen MR) is 451 cm³/mol. The molecule has 5 atom stereocenters. The quantitative estimate of drug-likeness (QED) is 0.0222. The van der Waals surface area contributed by atoms with Crippen molar-refractivity contribution in [1.29, 1.82) is 0 Å². The minimum Gasteiger partial charge on any atom is -0.462 e. The van der Waals surface area contributed by atoms with E-state index in [1.54, 1.807) is 0 Å². The summed E-state index contributed by atoms with van der Waals surface area (Å²) in [6.45, 7) is 5.07. The van der Waals surface area contributed by atoms with Crippen LogP contribution < -0.4 is 0 Å². The third kappa shape index (κ3) is 83.8. The summed E-state index contributed by atoms with van der Waals surface area (Å²) in [4.78, 5) is 73.3. The molecule has 0 aliphatic rings. The molecule has 0 aliphatic carbocycles. The van der Waals surface area contributed by atoms with Crippen LogP contribution >= 0.6 is 15.6 Å². The number of aliphatic hydroxyl groups excluding tert-OH is 1. The van der Waals surface area contributed by atoms with Gasteiger partial charge in [0, 0.05) is 25.7 Å². The molecule has 2 unspecified atom stereocenters. The van der Waals surface area contributed by atoms with Gasteiger partial charge in [0.15, 0.2) is 12.2 Å². The van der Waals surface area contributed by atoms with Crippen LogP contribution in [0, 0.1) is 0 Å². The first-order valence-corrected chi connectivity index (χ1v) is 49.8. The van der Waals surface area contributed by atoms with E-state index in [4.69, 9.17) is 37.0 Å². The zero-order valence-electron chi connectivity index (χ0n) is 71.5. The van der Waals surface area contributed by atoms with Crippen molar-refractivity contribution in [3.8, 4) is 0 Å². The molecule has 0 rings (SSSR count). The molecule has 0 aromatic heterocycles. The van der Waals surface area contributed by atoms with Crippen LogP contribution in [0.5, 0.6) is 0 Å². The Hall–Kier alpha value is -1.94. The lowest BCUT2D eigenvalue weighted by Crippen LogP contribution is -2.30. The van der Waals surface area contributed by atoms with Crippen molar-refractivity contribution in [2.24, 2.45) is 0 Å². The van der Waals surface area contributed by atoms with Crippen molar-refractivity contribution in [3.05, 3.63) is 0 Å². The standard InChI is InChI=1S/C90H176O17P2/c1-5-9-13-17-21-25-29-32-35-38-40-42-44-47-49-52-55-59-63-67-71-75-88(93)101-81-86(107-90(95)77-73-69-65-61-57-54-51-48-45-43-41-39-36-33-30-26-22-18-14-10-6-2)83-105-109(98,99)103-79-84(91)78-102-108(96,97)104-82-85(80-100-87(92)74-70-66-62-58-28-24-20-16-12-8-4)106-89(94)76-72-68-64-60-56-53-50-46-37-34-31-27-23-19-15-11-7-3/h84-86,91H,5-83H2,1-4H3,(H,96,97)(H,98,99)/t84-,85+,86+/m0/s1. The average molecular weight is 1590 g/mol. The third-order valence-electron chi connectivity index (χ3n) is 21.4. The van der Waals surface area contributed by atoms with E-state index in [2.05, 4.69) is 27.7 Å².